The summed E-state index contributed by atoms with van der Waals surface area (Å²) in [4.78, 5) is 100. The number of rotatable bonds is 21. The highest BCUT2D eigenvalue weighted by Crippen LogP contribution is 2.03. The first kappa shape index (κ1) is 39.3. The number of carboxylic acids is 2. The zero-order chi connectivity index (χ0) is 34.0. The van der Waals surface area contributed by atoms with Crippen molar-refractivity contribution in [3.8, 4) is 0 Å². The molecule has 44 heavy (non-hydrogen) atoms. The van der Waals surface area contributed by atoms with E-state index in [0.29, 0.717) is 0 Å². The molecule has 0 radical (unpaired) electrons. The van der Waals surface area contributed by atoms with E-state index in [9.17, 15) is 43.5 Å². The van der Waals surface area contributed by atoms with Crippen LogP contribution in [0.4, 0.5) is 0 Å². The van der Waals surface area contributed by atoms with E-state index >= 15 is 0 Å². The summed E-state index contributed by atoms with van der Waals surface area (Å²) in [6.45, 7) is 0.684. The number of nitrogens with one attached hydrogen (secondary N) is 5. The van der Waals surface area contributed by atoms with Gasteiger partial charge >= 0.3 is 11.9 Å². The lowest BCUT2D eigenvalue weighted by atomic mass is 10.1. The Morgan fingerprint density at radius 2 is 1.39 bits per heavy atom. The summed E-state index contributed by atoms with van der Waals surface area (Å²) >= 11 is 3.89. The zero-order valence-corrected chi connectivity index (χ0v) is 24.8. The first-order chi connectivity index (χ1) is 20.5. The third kappa shape index (κ3) is 16.7. The average Bonchev–Trinajstić information content (AvgIpc) is 2.93. The van der Waals surface area contributed by atoms with Crippen LogP contribution in [0.3, 0.4) is 0 Å². The molecule has 0 aliphatic carbocycles. The summed E-state index contributed by atoms with van der Waals surface area (Å²) in [7, 11) is 0. The maximum atomic E-state index is 13.1. The molecule has 0 heterocycles. The summed E-state index contributed by atoms with van der Waals surface area (Å²) in [6, 6.07) is -6.91. The van der Waals surface area contributed by atoms with Crippen LogP contribution < -0.4 is 49.5 Å². The van der Waals surface area contributed by atoms with E-state index in [4.69, 9.17) is 28.0 Å². The van der Waals surface area contributed by atoms with Crippen molar-refractivity contribution in [3.63, 3.8) is 0 Å². The lowest BCUT2D eigenvalue weighted by Gasteiger charge is -2.24. The Bertz CT molecular complexity index is 1100. The normalized spacial score (nSPS) is 13.9. The van der Waals surface area contributed by atoms with Crippen molar-refractivity contribution >= 4 is 66.0 Å². The first-order valence-electron chi connectivity index (χ1n) is 13.1. The zero-order valence-electron chi connectivity index (χ0n) is 23.9. The highest BCUT2D eigenvalue weighted by molar-refractivity contribution is 7.80. The van der Waals surface area contributed by atoms with E-state index < -0.39 is 103 Å². The molecular formula is C23H40N10O10S. The number of hydrogen-bond donors (Lipinski definition) is 12. The number of nitrogens with two attached hydrogens (primary N) is 4. The SMILES string of the molecule is C[C@H](NC(=O)[C@H](CC(N)=O)NC(=O)[C@H](CCCN=C(N)N)NC(=O)CNC(=O)[C@@H](N)CS)C(=O)N[C@@H](CCC(=O)O)C(=O)O. The van der Waals surface area contributed by atoms with Crippen LogP contribution >= 0.6 is 12.6 Å². The van der Waals surface area contributed by atoms with Gasteiger partial charge in [-0.25, -0.2) is 4.79 Å². The van der Waals surface area contributed by atoms with E-state index in [1.165, 1.54) is 6.92 Å². The standard InChI is InChI=1S/C23H40N10O10S/c1-10(18(38)32-13(22(42)43)4-5-17(36)37)30-21(41)14(7-15(25)34)33-20(40)12(3-2-6-28-23(26)27)31-16(35)8-29-19(39)11(24)9-44/h10-14,44H,2-9,24H2,1H3,(H2,25,34)(H,29,39)(H,30,41)(H,31,35)(H,32,38)(H,33,40)(H,36,37)(H,42,43)(H4,26,27,28)/t10-,11-,12-,13-,14-/m0/s1. The molecule has 0 aromatic carbocycles. The molecule has 0 bridgehead atoms. The third-order valence-electron chi connectivity index (χ3n) is 5.61. The monoisotopic (exact) mass is 648 g/mol. The predicted molar refractivity (Wildman–Crippen MR) is 156 cm³/mol. The van der Waals surface area contributed by atoms with Crippen molar-refractivity contribution in [2.24, 2.45) is 27.9 Å². The molecule has 15 N–H and O–H groups in total. The number of nitrogens with zero attached hydrogens (tertiary/aromatic N) is 1. The molecular weight excluding hydrogens is 608 g/mol. The molecule has 0 aliphatic heterocycles. The van der Waals surface area contributed by atoms with Crippen LogP contribution in [-0.2, 0) is 38.4 Å². The third-order valence-corrected chi connectivity index (χ3v) is 6.00. The average molecular weight is 649 g/mol. The van der Waals surface area contributed by atoms with Crippen LogP contribution in [0.1, 0.15) is 39.0 Å². The molecule has 0 spiro atoms. The minimum atomic E-state index is -1.64. The number of carbonyl (C=O) groups excluding carboxylic acids is 6. The van der Waals surface area contributed by atoms with Crippen molar-refractivity contribution < 1.29 is 48.6 Å². The van der Waals surface area contributed by atoms with Gasteiger partial charge in [0.2, 0.25) is 35.4 Å². The molecule has 0 saturated heterocycles. The number of thiol groups is 1. The smallest absolute Gasteiger partial charge is 0.326 e. The number of carboxylic acid groups (broad SMARTS) is 2. The Kier molecular flexibility index (Phi) is 18.1. The van der Waals surface area contributed by atoms with Gasteiger partial charge in [0.05, 0.1) is 19.0 Å². The molecule has 248 valence electrons. The van der Waals surface area contributed by atoms with Gasteiger partial charge in [-0.3, -0.25) is 38.6 Å². The quantitative estimate of drug-likeness (QED) is 0.0239. The molecule has 0 fully saturated rings. The van der Waals surface area contributed by atoms with Crippen molar-refractivity contribution in [2.75, 3.05) is 18.8 Å². The molecule has 0 rings (SSSR count). The number of primary amides is 1. The van der Waals surface area contributed by atoms with Crippen LogP contribution in [0, 0.1) is 0 Å². The summed E-state index contributed by atoms with van der Waals surface area (Å²) in [5.41, 5.74) is 21.3. The fourth-order valence-corrected chi connectivity index (χ4v) is 3.45. The molecule has 5 atom stereocenters. The Morgan fingerprint density at radius 1 is 0.795 bits per heavy atom. The Balaban J connectivity index is 5.61. The van der Waals surface area contributed by atoms with Crippen LogP contribution in [0.25, 0.3) is 0 Å². The van der Waals surface area contributed by atoms with Gasteiger partial charge in [0, 0.05) is 18.7 Å². The molecule has 6 amide bonds. The van der Waals surface area contributed by atoms with Crippen molar-refractivity contribution in [2.45, 2.75) is 69.2 Å². The number of aliphatic carboxylic acids is 2. The van der Waals surface area contributed by atoms with Crippen molar-refractivity contribution in [3.05, 3.63) is 0 Å². The predicted octanol–water partition coefficient (Wildman–Crippen LogP) is -5.80. The fourth-order valence-electron chi connectivity index (χ4n) is 3.28. The number of amides is 6. The second kappa shape index (κ2) is 20.3. The molecule has 0 aliphatic rings. The second-order valence-electron chi connectivity index (χ2n) is 9.37. The number of hydrogen-bond acceptors (Lipinski definition) is 11. The molecule has 0 aromatic rings. The van der Waals surface area contributed by atoms with Crippen molar-refractivity contribution in [1.82, 2.24) is 26.6 Å². The maximum absolute atomic E-state index is 13.1. The highest BCUT2D eigenvalue weighted by Gasteiger charge is 2.31. The summed E-state index contributed by atoms with van der Waals surface area (Å²) < 4.78 is 0. The summed E-state index contributed by atoms with van der Waals surface area (Å²) in [6.07, 6.45) is -1.60. The lowest BCUT2D eigenvalue weighted by Crippen LogP contribution is -2.58. The van der Waals surface area contributed by atoms with Gasteiger partial charge in [-0.15, -0.1) is 0 Å². The molecule has 0 unspecified atom stereocenters. The number of carbonyl (C=O) groups is 8. The maximum Gasteiger partial charge on any atom is 0.326 e. The number of aliphatic imine (C=N–C) groups is 1. The Hall–Kier alpha value is -4.66. The van der Waals surface area contributed by atoms with E-state index in [1.54, 1.807) is 0 Å². The highest BCUT2D eigenvalue weighted by atomic mass is 32.1. The van der Waals surface area contributed by atoms with Gasteiger partial charge in [0.25, 0.3) is 0 Å². The molecule has 0 aromatic heterocycles. The molecule has 20 nitrogen and oxygen atoms in total. The van der Waals surface area contributed by atoms with E-state index in [0.717, 1.165) is 0 Å². The lowest BCUT2D eigenvalue weighted by molar-refractivity contribution is -0.143. The van der Waals surface area contributed by atoms with Crippen LogP contribution in [0.15, 0.2) is 4.99 Å². The summed E-state index contributed by atoms with van der Waals surface area (Å²) in [5, 5.41) is 29.2. The number of guanidine groups is 1. The van der Waals surface area contributed by atoms with Crippen molar-refractivity contribution in [1.29, 1.82) is 0 Å². The Morgan fingerprint density at radius 3 is 1.91 bits per heavy atom. The second-order valence-corrected chi connectivity index (χ2v) is 9.73. The van der Waals surface area contributed by atoms with E-state index in [-0.39, 0.29) is 31.1 Å². The van der Waals surface area contributed by atoms with Crippen LogP contribution in [0.2, 0.25) is 0 Å². The van der Waals surface area contributed by atoms with E-state index in [2.05, 4.69) is 44.2 Å². The van der Waals surface area contributed by atoms with E-state index in [1.807, 2.05) is 0 Å². The first-order valence-corrected chi connectivity index (χ1v) is 13.7. The Labute approximate surface area is 257 Å². The van der Waals surface area contributed by atoms with Gasteiger partial charge < -0.3 is 59.7 Å². The van der Waals surface area contributed by atoms with Gasteiger partial charge in [-0.2, -0.15) is 12.6 Å². The minimum Gasteiger partial charge on any atom is -0.481 e. The van der Waals surface area contributed by atoms with Crippen LogP contribution in [0.5, 0.6) is 0 Å². The van der Waals surface area contributed by atoms with Gasteiger partial charge in [-0.1, -0.05) is 0 Å². The molecule has 21 heteroatoms. The minimum absolute atomic E-state index is 0.0116. The van der Waals surface area contributed by atoms with Gasteiger partial charge in [0.1, 0.15) is 24.2 Å². The molecule has 0 saturated carbocycles. The topological polar surface area (TPSA) is 354 Å². The van der Waals surface area contributed by atoms with Gasteiger partial charge in [0.15, 0.2) is 5.96 Å². The summed E-state index contributed by atoms with van der Waals surface area (Å²) in [5.74, 6) is -8.48. The fraction of sp³-hybridized carbons (Fsp3) is 0.609. The van der Waals surface area contributed by atoms with Gasteiger partial charge in [-0.05, 0) is 26.2 Å². The largest absolute Gasteiger partial charge is 0.481 e. The van der Waals surface area contributed by atoms with Crippen LogP contribution in [-0.4, -0.2) is 113 Å².